The Bertz CT molecular complexity index is 519. The van der Waals surface area contributed by atoms with Gasteiger partial charge in [-0.05, 0) is 24.3 Å². The molecule has 1 heterocycles. The first-order valence-corrected chi connectivity index (χ1v) is 4.88. The molecule has 0 fully saturated rings. The standard InChI is InChI=1S/C12H11FN2O/c1-14-15-8-4-7-11(15)12(16)9-5-2-3-6-10(9)13/h2-8,14H,1H3. The Morgan fingerprint density at radius 1 is 1.25 bits per heavy atom. The van der Waals surface area contributed by atoms with Crippen molar-refractivity contribution in [2.75, 3.05) is 12.5 Å². The molecule has 16 heavy (non-hydrogen) atoms. The molecule has 2 aromatic rings. The van der Waals surface area contributed by atoms with Crippen molar-refractivity contribution in [3.63, 3.8) is 0 Å². The molecule has 82 valence electrons. The van der Waals surface area contributed by atoms with E-state index in [1.54, 1.807) is 42.2 Å². The highest BCUT2D eigenvalue weighted by Crippen LogP contribution is 2.13. The highest BCUT2D eigenvalue weighted by atomic mass is 19.1. The minimum atomic E-state index is -0.503. The smallest absolute Gasteiger partial charge is 0.214 e. The van der Waals surface area contributed by atoms with Gasteiger partial charge in [0.15, 0.2) is 0 Å². The summed E-state index contributed by atoms with van der Waals surface area (Å²) in [6.45, 7) is 0. The molecular weight excluding hydrogens is 207 g/mol. The predicted octanol–water partition coefficient (Wildman–Crippen LogP) is 2.03. The van der Waals surface area contributed by atoms with Crippen LogP contribution in [-0.4, -0.2) is 17.5 Å². The highest BCUT2D eigenvalue weighted by Gasteiger charge is 2.16. The van der Waals surface area contributed by atoms with Gasteiger partial charge in [-0.15, -0.1) is 0 Å². The SMILES string of the molecule is CNn1cccc1C(=O)c1ccccc1F. The van der Waals surface area contributed by atoms with Crippen LogP contribution in [0.3, 0.4) is 0 Å². The predicted molar refractivity (Wildman–Crippen MR) is 59.5 cm³/mol. The molecule has 1 aromatic heterocycles. The quantitative estimate of drug-likeness (QED) is 0.800. The van der Waals surface area contributed by atoms with Crippen LogP contribution in [0.5, 0.6) is 0 Å². The van der Waals surface area contributed by atoms with E-state index in [0.717, 1.165) is 0 Å². The molecule has 0 radical (unpaired) electrons. The summed E-state index contributed by atoms with van der Waals surface area (Å²) in [5, 5.41) is 0. The molecule has 1 N–H and O–H groups in total. The summed E-state index contributed by atoms with van der Waals surface area (Å²) in [4.78, 5) is 12.0. The maximum absolute atomic E-state index is 13.4. The largest absolute Gasteiger partial charge is 0.329 e. The molecule has 3 nitrogen and oxygen atoms in total. The number of carbonyl (C=O) groups is 1. The zero-order valence-electron chi connectivity index (χ0n) is 8.77. The third-order valence-electron chi connectivity index (χ3n) is 2.34. The van der Waals surface area contributed by atoms with Gasteiger partial charge in [0.05, 0.1) is 5.56 Å². The van der Waals surface area contributed by atoms with E-state index in [1.165, 1.54) is 12.1 Å². The van der Waals surface area contributed by atoms with Crippen LogP contribution < -0.4 is 5.43 Å². The number of nitrogens with one attached hydrogen (secondary N) is 1. The topological polar surface area (TPSA) is 34.0 Å². The molecular formula is C12H11FN2O. The summed E-state index contributed by atoms with van der Waals surface area (Å²) >= 11 is 0. The lowest BCUT2D eigenvalue weighted by molar-refractivity contribution is 0.102. The molecule has 0 aliphatic rings. The van der Waals surface area contributed by atoms with Gasteiger partial charge in [0, 0.05) is 13.2 Å². The van der Waals surface area contributed by atoms with Gasteiger partial charge in [-0.25, -0.2) is 4.39 Å². The first kappa shape index (κ1) is 10.4. The average Bonchev–Trinajstić information content (AvgIpc) is 2.77. The summed E-state index contributed by atoms with van der Waals surface area (Å²) in [6.07, 6.45) is 1.70. The number of ketones is 1. The van der Waals surface area contributed by atoms with Crippen LogP contribution in [0.2, 0.25) is 0 Å². The lowest BCUT2D eigenvalue weighted by atomic mass is 10.1. The van der Waals surface area contributed by atoms with E-state index < -0.39 is 5.82 Å². The Kier molecular flexibility index (Phi) is 2.72. The van der Waals surface area contributed by atoms with Crippen molar-refractivity contribution in [3.8, 4) is 0 Å². The minimum Gasteiger partial charge on any atom is -0.329 e. The van der Waals surface area contributed by atoms with E-state index in [-0.39, 0.29) is 11.3 Å². The van der Waals surface area contributed by atoms with Gasteiger partial charge in [0.25, 0.3) is 0 Å². The summed E-state index contributed by atoms with van der Waals surface area (Å²) in [7, 11) is 1.69. The highest BCUT2D eigenvalue weighted by molar-refractivity contribution is 6.08. The summed E-state index contributed by atoms with van der Waals surface area (Å²) < 4.78 is 15.0. The molecule has 0 unspecified atom stereocenters. The number of rotatable bonds is 3. The van der Waals surface area contributed by atoms with Crippen LogP contribution in [-0.2, 0) is 0 Å². The van der Waals surface area contributed by atoms with Crippen molar-refractivity contribution in [2.24, 2.45) is 0 Å². The maximum Gasteiger partial charge on any atom is 0.214 e. The molecule has 0 saturated carbocycles. The second-order valence-corrected chi connectivity index (χ2v) is 3.30. The third-order valence-corrected chi connectivity index (χ3v) is 2.34. The maximum atomic E-state index is 13.4. The van der Waals surface area contributed by atoms with Crippen LogP contribution in [0.25, 0.3) is 0 Å². The second kappa shape index (κ2) is 4.18. The normalized spacial score (nSPS) is 10.1. The van der Waals surface area contributed by atoms with E-state index in [4.69, 9.17) is 0 Å². The van der Waals surface area contributed by atoms with E-state index in [9.17, 15) is 9.18 Å². The molecule has 2 rings (SSSR count). The average molecular weight is 218 g/mol. The van der Waals surface area contributed by atoms with Crippen molar-refractivity contribution in [2.45, 2.75) is 0 Å². The van der Waals surface area contributed by atoms with Crippen LogP contribution in [0.1, 0.15) is 16.1 Å². The van der Waals surface area contributed by atoms with Crippen molar-refractivity contribution < 1.29 is 9.18 Å². The van der Waals surface area contributed by atoms with Crippen LogP contribution in [0, 0.1) is 5.82 Å². The van der Waals surface area contributed by atoms with Gasteiger partial charge in [0.2, 0.25) is 5.78 Å². The van der Waals surface area contributed by atoms with Crippen LogP contribution in [0.15, 0.2) is 42.6 Å². The Balaban J connectivity index is 2.44. The van der Waals surface area contributed by atoms with Gasteiger partial charge in [-0.3, -0.25) is 9.47 Å². The molecule has 0 atom stereocenters. The molecule has 0 bridgehead atoms. The second-order valence-electron chi connectivity index (χ2n) is 3.30. The molecule has 0 aliphatic heterocycles. The fraction of sp³-hybridized carbons (Fsp3) is 0.0833. The molecule has 0 amide bonds. The Morgan fingerprint density at radius 2 is 2.00 bits per heavy atom. The van der Waals surface area contributed by atoms with Crippen LogP contribution >= 0.6 is 0 Å². The van der Waals surface area contributed by atoms with Crippen molar-refractivity contribution in [3.05, 3.63) is 59.7 Å². The van der Waals surface area contributed by atoms with Gasteiger partial charge < -0.3 is 5.43 Å². The Morgan fingerprint density at radius 3 is 2.69 bits per heavy atom. The zero-order chi connectivity index (χ0) is 11.5. The van der Waals surface area contributed by atoms with Crippen molar-refractivity contribution in [1.82, 2.24) is 4.68 Å². The van der Waals surface area contributed by atoms with E-state index in [2.05, 4.69) is 5.43 Å². The number of nitrogens with zero attached hydrogens (tertiary/aromatic N) is 1. The lowest BCUT2D eigenvalue weighted by Crippen LogP contribution is -2.16. The number of aromatic nitrogens is 1. The number of hydrogen-bond donors (Lipinski definition) is 1. The fourth-order valence-corrected chi connectivity index (χ4v) is 1.54. The number of carbonyl (C=O) groups excluding carboxylic acids is 1. The summed E-state index contributed by atoms with van der Waals surface area (Å²) in [5.41, 5.74) is 3.31. The lowest BCUT2D eigenvalue weighted by Gasteiger charge is -2.07. The molecule has 0 aliphatic carbocycles. The van der Waals surface area contributed by atoms with Gasteiger partial charge in [-0.1, -0.05) is 12.1 Å². The Hall–Kier alpha value is -2.10. The summed E-state index contributed by atoms with van der Waals surface area (Å²) in [6, 6.07) is 9.33. The molecule has 4 heteroatoms. The first-order chi connectivity index (χ1) is 7.74. The minimum absolute atomic E-state index is 0.0812. The van der Waals surface area contributed by atoms with E-state index in [1.807, 2.05) is 0 Å². The molecule has 1 aromatic carbocycles. The van der Waals surface area contributed by atoms with Crippen LogP contribution in [0.4, 0.5) is 4.39 Å². The fourth-order valence-electron chi connectivity index (χ4n) is 1.54. The zero-order valence-corrected chi connectivity index (χ0v) is 8.77. The molecule has 0 saturated heterocycles. The van der Waals surface area contributed by atoms with Crippen molar-refractivity contribution in [1.29, 1.82) is 0 Å². The summed E-state index contributed by atoms with van der Waals surface area (Å²) in [5.74, 6) is -0.839. The molecule has 0 spiro atoms. The first-order valence-electron chi connectivity index (χ1n) is 4.88. The van der Waals surface area contributed by atoms with Gasteiger partial charge in [-0.2, -0.15) is 0 Å². The van der Waals surface area contributed by atoms with Gasteiger partial charge >= 0.3 is 0 Å². The third kappa shape index (κ3) is 1.69. The van der Waals surface area contributed by atoms with Gasteiger partial charge in [0.1, 0.15) is 11.5 Å². The monoisotopic (exact) mass is 218 g/mol. The Labute approximate surface area is 92.5 Å². The van der Waals surface area contributed by atoms with Crippen molar-refractivity contribution >= 4 is 5.78 Å². The van der Waals surface area contributed by atoms with E-state index in [0.29, 0.717) is 5.69 Å². The number of hydrogen-bond acceptors (Lipinski definition) is 2. The van der Waals surface area contributed by atoms with E-state index >= 15 is 0 Å². The number of halogens is 1. The number of benzene rings is 1.